The summed E-state index contributed by atoms with van der Waals surface area (Å²) < 4.78 is 1.81. The number of fused-ring (bicyclic) bond motifs is 4. The number of ketones is 2. The van der Waals surface area contributed by atoms with E-state index in [2.05, 4.69) is 0 Å². The lowest BCUT2D eigenvalue weighted by molar-refractivity contribution is 0.0976. The van der Waals surface area contributed by atoms with Gasteiger partial charge < -0.3 is 4.57 Å². The van der Waals surface area contributed by atoms with E-state index in [-0.39, 0.29) is 11.6 Å². The molecule has 4 aromatic rings. The molecule has 1 aliphatic carbocycles. The van der Waals surface area contributed by atoms with Crippen LogP contribution in [0.25, 0.3) is 16.6 Å². The molecular weight excluding hydrogens is 346 g/mol. The smallest absolute Gasteiger partial charge is 0.211 e. The highest BCUT2D eigenvalue weighted by Crippen LogP contribution is 2.38. The maximum absolute atomic E-state index is 13.3. The van der Waals surface area contributed by atoms with Crippen LogP contribution in [0.3, 0.4) is 0 Å². The molecule has 124 valence electrons. The van der Waals surface area contributed by atoms with Crippen LogP contribution in [0.5, 0.6) is 0 Å². The number of hydrogen-bond acceptors (Lipinski definition) is 2. The fraction of sp³-hybridized carbons (Fsp3) is 0. The van der Waals surface area contributed by atoms with Crippen LogP contribution in [0, 0.1) is 0 Å². The number of rotatable bonds is 1. The SMILES string of the molecule is O=C1c2ccccc2C(=O)c2c1c1ccccc1n2-c1ccccc1Cl. The Hall–Kier alpha value is -3.17. The second-order valence-electron chi connectivity index (χ2n) is 6.23. The van der Waals surface area contributed by atoms with Gasteiger partial charge in [-0.15, -0.1) is 0 Å². The van der Waals surface area contributed by atoms with Crippen LogP contribution < -0.4 is 0 Å². The molecule has 26 heavy (non-hydrogen) atoms. The van der Waals surface area contributed by atoms with E-state index in [9.17, 15) is 9.59 Å². The van der Waals surface area contributed by atoms with E-state index < -0.39 is 0 Å². The molecule has 3 aromatic carbocycles. The standard InChI is InChI=1S/C22H12ClNO2/c23-16-10-4-6-12-18(16)24-17-11-5-3-9-15(17)19-20(24)22(26)14-8-2-1-7-13(14)21(19)25/h1-12H. The molecule has 0 N–H and O–H groups in total. The number of carbonyl (C=O) groups excluding carboxylic acids is 2. The lowest BCUT2D eigenvalue weighted by Crippen LogP contribution is -2.22. The Bertz CT molecular complexity index is 1240. The summed E-state index contributed by atoms with van der Waals surface area (Å²) in [4.78, 5) is 26.5. The zero-order valence-corrected chi connectivity index (χ0v) is 14.3. The molecule has 0 radical (unpaired) electrons. The van der Waals surface area contributed by atoms with Gasteiger partial charge in [-0.2, -0.15) is 0 Å². The van der Waals surface area contributed by atoms with Crippen molar-refractivity contribution in [1.82, 2.24) is 4.57 Å². The molecule has 0 bridgehead atoms. The number of para-hydroxylation sites is 2. The van der Waals surface area contributed by atoms with Gasteiger partial charge in [0.25, 0.3) is 0 Å². The highest BCUT2D eigenvalue weighted by Gasteiger charge is 2.35. The van der Waals surface area contributed by atoms with Gasteiger partial charge in [-0.3, -0.25) is 9.59 Å². The van der Waals surface area contributed by atoms with Gasteiger partial charge in [0, 0.05) is 16.5 Å². The molecule has 0 spiro atoms. The van der Waals surface area contributed by atoms with Gasteiger partial charge in [0.15, 0.2) is 5.78 Å². The fourth-order valence-electron chi connectivity index (χ4n) is 3.71. The summed E-state index contributed by atoms with van der Waals surface area (Å²) in [6, 6.07) is 21.9. The van der Waals surface area contributed by atoms with Crippen molar-refractivity contribution in [2.24, 2.45) is 0 Å². The van der Waals surface area contributed by atoms with E-state index in [0.717, 1.165) is 10.9 Å². The molecule has 0 fully saturated rings. The van der Waals surface area contributed by atoms with Crippen molar-refractivity contribution in [3.63, 3.8) is 0 Å². The molecule has 0 saturated carbocycles. The minimum absolute atomic E-state index is 0.128. The van der Waals surface area contributed by atoms with E-state index in [1.54, 1.807) is 30.3 Å². The summed E-state index contributed by atoms with van der Waals surface area (Å²) in [7, 11) is 0. The molecule has 3 nitrogen and oxygen atoms in total. The Kier molecular flexibility index (Phi) is 3.15. The third kappa shape index (κ3) is 1.89. The van der Waals surface area contributed by atoms with Crippen molar-refractivity contribution < 1.29 is 9.59 Å². The first-order chi connectivity index (χ1) is 12.7. The van der Waals surface area contributed by atoms with Crippen molar-refractivity contribution in [2.45, 2.75) is 0 Å². The Balaban J connectivity index is 1.97. The van der Waals surface area contributed by atoms with Crippen LogP contribution in [0.15, 0.2) is 72.8 Å². The minimum atomic E-state index is -0.161. The minimum Gasteiger partial charge on any atom is -0.304 e. The zero-order chi connectivity index (χ0) is 17.8. The first-order valence-corrected chi connectivity index (χ1v) is 8.63. The van der Waals surface area contributed by atoms with Crippen molar-refractivity contribution in [3.05, 3.63) is 100 Å². The molecule has 1 aliphatic rings. The average Bonchev–Trinajstić information content (AvgIpc) is 3.02. The van der Waals surface area contributed by atoms with Crippen LogP contribution in [-0.2, 0) is 0 Å². The Morgan fingerprint density at radius 3 is 2.08 bits per heavy atom. The van der Waals surface area contributed by atoms with E-state index in [1.807, 2.05) is 47.0 Å². The maximum Gasteiger partial charge on any atom is 0.211 e. The van der Waals surface area contributed by atoms with Gasteiger partial charge in [0.2, 0.25) is 5.78 Å². The van der Waals surface area contributed by atoms with Crippen LogP contribution in [-0.4, -0.2) is 16.1 Å². The van der Waals surface area contributed by atoms with Crippen molar-refractivity contribution in [3.8, 4) is 5.69 Å². The molecule has 0 amide bonds. The summed E-state index contributed by atoms with van der Waals surface area (Å²) in [5.41, 5.74) is 3.19. The Morgan fingerprint density at radius 2 is 1.31 bits per heavy atom. The Labute approximate surface area is 154 Å². The number of halogens is 1. The van der Waals surface area contributed by atoms with Gasteiger partial charge in [0.1, 0.15) is 5.69 Å². The van der Waals surface area contributed by atoms with Crippen molar-refractivity contribution in [2.75, 3.05) is 0 Å². The lowest BCUT2D eigenvalue weighted by atomic mass is 9.87. The van der Waals surface area contributed by atoms with Crippen LogP contribution in [0.4, 0.5) is 0 Å². The molecule has 0 unspecified atom stereocenters. The fourth-order valence-corrected chi connectivity index (χ4v) is 3.93. The largest absolute Gasteiger partial charge is 0.304 e. The first kappa shape index (κ1) is 15.1. The highest BCUT2D eigenvalue weighted by atomic mass is 35.5. The molecule has 0 saturated heterocycles. The molecular formula is C22H12ClNO2. The Morgan fingerprint density at radius 1 is 0.692 bits per heavy atom. The predicted molar refractivity (Wildman–Crippen MR) is 102 cm³/mol. The second kappa shape index (κ2) is 5.41. The highest BCUT2D eigenvalue weighted by molar-refractivity contribution is 6.34. The molecule has 0 atom stereocenters. The van der Waals surface area contributed by atoms with Gasteiger partial charge in [0.05, 0.1) is 21.8 Å². The number of nitrogens with zero attached hydrogens (tertiary/aromatic N) is 1. The van der Waals surface area contributed by atoms with Gasteiger partial charge in [-0.25, -0.2) is 0 Å². The quantitative estimate of drug-likeness (QED) is 0.420. The molecule has 0 aliphatic heterocycles. The van der Waals surface area contributed by atoms with Crippen molar-refractivity contribution in [1.29, 1.82) is 0 Å². The van der Waals surface area contributed by atoms with E-state index in [0.29, 0.717) is 33.1 Å². The third-order valence-corrected chi connectivity index (χ3v) is 5.15. The van der Waals surface area contributed by atoms with Gasteiger partial charge in [-0.05, 0) is 18.2 Å². The maximum atomic E-state index is 13.3. The number of benzene rings is 3. The third-order valence-electron chi connectivity index (χ3n) is 4.83. The zero-order valence-electron chi connectivity index (χ0n) is 13.6. The predicted octanol–water partition coefficient (Wildman–Crippen LogP) is 5.06. The topological polar surface area (TPSA) is 39.1 Å². The molecule has 1 aromatic heterocycles. The van der Waals surface area contributed by atoms with Crippen molar-refractivity contribution >= 4 is 34.1 Å². The van der Waals surface area contributed by atoms with Crippen LogP contribution >= 0.6 is 11.6 Å². The molecule has 4 heteroatoms. The second-order valence-corrected chi connectivity index (χ2v) is 6.64. The summed E-state index contributed by atoms with van der Waals surface area (Å²) in [6.45, 7) is 0. The average molecular weight is 358 g/mol. The first-order valence-electron chi connectivity index (χ1n) is 8.25. The van der Waals surface area contributed by atoms with Gasteiger partial charge >= 0.3 is 0 Å². The summed E-state index contributed by atoms with van der Waals surface area (Å²) in [5.74, 6) is -0.288. The number of aromatic nitrogens is 1. The molecule has 5 rings (SSSR count). The van der Waals surface area contributed by atoms with E-state index in [1.165, 1.54) is 0 Å². The van der Waals surface area contributed by atoms with E-state index in [4.69, 9.17) is 11.6 Å². The van der Waals surface area contributed by atoms with Crippen LogP contribution in [0.1, 0.15) is 32.0 Å². The van der Waals surface area contributed by atoms with Gasteiger partial charge in [-0.1, -0.05) is 66.2 Å². The monoisotopic (exact) mass is 357 g/mol. The van der Waals surface area contributed by atoms with E-state index >= 15 is 0 Å². The molecule has 1 heterocycles. The summed E-state index contributed by atoms with van der Waals surface area (Å²) >= 11 is 6.43. The summed E-state index contributed by atoms with van der Waals surface area (Å²) in [5, 5.41) is 1.28. The normalized spacial score (nSPS) is 13.0. The summed E-state index contributed by atoms with van der Waals surface area (Å²) in [6.07, 6.45) is 0. The number of carbonyl (C=O) groups is 2. The lowest BCUT2D eigenvalue weighted by Gasteiger charge is -2.18. The number of hydrogen-bond donors (Lipinski definition) is 0. The van der Waals surface area contributed by atoms with Crippen LogP contribution in [0.2, 0.25) is 5.02 Å².